The molecule has 0 radical (unpaired) electrons. The molecule has 0 saturated heterocycles. The Labute approximate surface area is 502 Å². The Hall–Kier alpha value is -11.6. The molecule has 1 unspecified atom stereocenters. The van der Waals surface area contributed by atoms with Crippen molar-refractivity contribution in [1.29, 1.82) is 0 Å². The molecule has 87 heavy (non-hydrogen) atoms. The summed E-state index contributed by atoms with van der Waals surface area (Å²) in [5.74, 6) is 3.37. The summed E-state index contributed by atoms with van der Waals surface area (Å²) >= 11 is 0. The van der Waals surface area contributed by atoms with E-state index in [4.69, 9.17) is 33.8 Å². The third-order valence-electron chi connectivity index (χ3n) is 16.6. The highest BCUT2D eigenvalue weighted by atomic mass is 16.3. The monoisotopic (exact) mass is 1120 g/mol. The largest absolute Gasteiger partial charge is 0.456 e. The third-order valence-corrected chi connectivity index (χ3v) is 16.6. The molecular formula is C79H52N6O2. The van der Waals surface area contributed by atoms with Gasteiger partial charge in [0, 0.05) is 56.4 Å². The topological polar surface area (TPSA) is 92.9 Å². The quantitative estimate of drug-likeness (QED) is 0.128. The van der Waals surface area contributed by atoms with Crippen LogP contribution in [-0.2, 0) is 0 Å². The van der Waals surface area contributed by atoms with Crippen LogP contribution in [0.5, 0.6) is 0 Å². The van der Waals surface area contributed by atoms with Crippen molar-refractivity contribution in [1.82, 2.24) is 19.9 Å². The molecule has 0 amide bonds. The van der Waals surface area contributed by atoms with Crippen LogP contribution < -0.4 is 0 Å². The van der Waals surface area contributed by atoms with Gasteiger partial charge in [-0.2, -0.15) is 0 Å². The second-order valence-corrected chi connectivity index (χ2v) is 22.1. The first kappa shape index (κ1) is 51.1. The fourth-order valence-corrected chi connectivity index (χ4v) is 12.0. The lowest BCUT2D eigenvalue weighted by atomic mass is 9.95. The van der Waals surface area contributed by atoms with Crippen molar-refractivity contribution in [2.24, 2.45) is 9.98 Å². The van der Waals surface area contributed by atoms with Gasteiger partial charge in [-0.3, -0.25) is 0 Å². The van der Waals surface area contributed by atoms with Crippen molar-refractivity contribution in [3.05, 3.63) is 308 Å². The molecule has 1 aliphatic heterocycles. The number of furan rings is 2. The Morgan fingerprint density at radius 2 is 0.632 bits per heavy atom. The average molecular weight is 1120 g/mol. The van der Waals surface area contributed by atoms with Crippen LogP contribution in [-0.4, -0.2) is 38.6 Å². The minimum atomic E-state index is -0.330. The van der Waals surface area contributed by atoms with Crippen LogP contribution in [0.15, 0.2) is 310 Å². The van der Waals surface area contributed by atoms with E-state index >= 15 is 0 Å². The highest BCUT2D eigenvalue weighted by Crippen LogP contribution is 2.39. The predicted molar refractivity (Wildman–Crippen MR) is 354 cm³/mol. The average Bonchev–Trinajstić information content (AvgIpc) is 2.20. The lowest BCUT2D eigenvalue weighted by Gasteiger charge is -2.32. The van der Waals surface area contributed by atoms with Crippen LogP contribution >= 0.6 is 0 Å². The summed E-state index contributed by atoms with van der Waals surface area (Å²) in [6.45, 7) is 0. The van der Waals surface area contributed by atoms with Gasteiger partial charge in [0.1, 0.15) is 34.3 Å². The zero-order valence-corrected chi connectivity index (χ0v) is 47.3. The minimum absolute atomic E-state index is 0.330. The maximum Gasteiger partial charge on any atom is 0.164 e. The molecule has 16 rings (SSSR count). The second-order valence-electron chi connectivity index (χ2n) is 22.1. The maximum atomic E-state index is 6.55. The Kier molecular flexibility index (Phi) is 12.6. The SMILES string of the molecule is CN1C(c2ccc3oc4cc(-c5ccc(-c6ccccc6)cc5)ccc4c3c2)=NC(c2ccccc2)=NC1c1ccc(-c2cccc(-c3cccc(-c4ccc5c(c4)oc4ccc(-c6nc(-c7ccccc7)nc(-c7ccccc7)n6)cc45)c3)c2)cc1. The van der Waals surface area contributed by atoms with E-state index in [2.05, 4.69) is 206 Å². The Bertz CT molecular complexity index is 5100. The zero-order valence-electron chi connectivity index (χ0n) is 47.3. The second kappa shape index (κ2) is 21.5. The molecule has 0 N–H and O–H groups in total. The van der Waals surface area contributed by atoms with Crippen molar-refractivity contribution in [3.8, 4) is 89.8 Å². The van der Waals surface area contributed by atoms with Crippen LogP contribution in [0.3, 0.4) is 0 Å². The van der Waals surface area contributed by atoms with Gasteiger partial charge in [-0.05, 0) is 134 Å². The van der Waals surface area contributed by atoms with Crippen molar-refractivity contribution in [2.45, 2.75) is 6.17 Å². The molecule has 15 aromatic rings. The van der Waals surface area contributed by atoms with Gasteiger partial charge in [-0.25, -0.2) is 24.9 Å². The van der Waals surface area contributed by atoms with Crippen molar-refractivity contribution in [3.63, 3.8) is 0 Å². The van der Waals surface area contributed by atoms with Gasteiger partial charge in [0.25, 0.3) is 0 Å². The van der Waals surface area contributed by atoms with E-state index in [1.807, 2.05) is 97.1 Å². The van der Waals surface area contributed by atoms with Crippen LogP contribution in [0.1, 0.15) is 22.9 Å². The summed E-state index contributed by atoms with van der Waals surface area (Å²) in [4.78, 5) is 27.6. The lowest BCUT2D eigenvalue weighted by Crippen LogP contribution is -2.35. The molecule has 1 atom stereocenters. The van der Waals surface area contributed by atoms with Crippen LogP contribution in [0.4, 0.5) is 0 Å². The summed E-state index contributed by atoms with van der Waals surface area (Å²) < 4.78 is 13.1. The number of nitrogens with zero attached hydrogens (tertiary/aromatic N) is 6. The van der Waals surface area contributed by atoms with Gasteiger partial charge in [-0.1, -0.05) is 218 Å². The molecule has 410 valence electrons. The highest BCUT2D eigenvalue weighted by Gasteiger charge is 2.28. The first-order valence-electron chi connectivity index (χ1n) is 29.2. The zero-order chi connectivity index (χ0) is 57.8. The molecule has 8 heteroatoms. The first-order valence-corrected chi connectivity index (χ1v) is 29.2. The molecule has 0 saturated carbocycles. The fourth-order valence-electron chi connectivity index (χ4n) is 12.0. The van der Waals surface area contributed by atoms with Crippen LogP contribution in [0.25, 0.3) is 134 Å². The van der Waals surface area contributed by atoms with E-state index in [1.165, 1.54) is 11.1 Å². The van der Waals surface area contributed by atoms with E-state index < -0.39 is 0 Å². The summed E-state index contributed by atoms with van der Waals surface area (Å²) in [6, 6.07) is 101. The van der Waals surface area contributed by atoms with Gasteiger partial charge in [0.2, 0.25) is 0 Å². The highest BCUT2D eigenvalue weighted by molar-refractivity contribution is 6.15. The number of hydrogen-bond acceptors (Lipinski definition) is 8. The molecule has 0 aliphatic carbocycles. The van der Waals surface area contributed by atoms with Crippen molar-refractivity contribution in [2.75, 3.05) is 7.05 Å². The van der Waals surface area contributed by atoms with Crippen molar-refractivity contribution < 1.29 is 8.83 Å². The fraction of sp³-hybridized carbons (Fsp3) is 0.0253. The molecule has 0 spiro atoms. The van der Waals surface area contributed by atoms with Gasteiger partial charge in [0.15, 0.2) is 23.3 Å². The molecule has 8 nitrogen and oxygen atoms in total. The first-order chi connectivity index (χ1) is 43.0. The number of benzene rings is 12. The number of fused-ring (bicyclic) bond motifs is 6. The number of aliphatic imine (C=N–C) groups is 2. The van der Waals surface area contributed by atoms with Gasteiger partial charge in [0.05, 0.1) is 0 Å². The van der Waals surface area contributed by atoms with E-state index in [0.717, 1.165) is 128 Å². The smallest absolute Gasteiger partial charge is 0.164 e. The lowest BCUT2D eigenvalue weighted by molar-refractivity contribution is 0.383. The van der Waals surface area contributed by atoms with E-state index in [1.54, 1.807) is 0 Å². The van der Waals surface area contributed by atoms with E-state index in [0.29, 0.717) is 23.3 Å². The van der Waals surface area contributed by atoms with Crippen LogP contribution in [0.2, 0.25) is 0 Å². The summed E-state index contributed by atoms with van der Waals surface area (Å²) in [7, 11) is 2.08. The third kappa shape index (κ3) is 9.71. The molecule has 0 bridgehead atoms. The molecule has 12 aromatic carbocycles. The summed E-state index contributed by atoms with van der Waals surface area (Å²) in [5.41, 5.74) is 20.3. The number of amidine groups is 2. The molecule has 0 fully saturated rings. The summed E-state index contributed by atoms with van der Waals surface area (Å²) in [6.07, 6.45) is -0.330. The van der Waals surface area contributed by atoms with E-state index in [-0.39, 0.29) is 6.17 Å². The molecule has 4 heterocycles. The van der Waals surface area contributed by atoms with Crippen LogP contribution in [0, 0.1) is 0 Å². The normalized spacial score (nSPS) is 13.3. The van der Waals surface area contributed by atoms with E-state index in [9.17, 15) is 0 Å². The molecule has 1 aliphatic rings. The van der Waals surface area contributed by atoms with Gasteiger partial charge >= 0.3 is 0 Å². The Morgan fingerprint density at radius 3 is 1.15 bits per heavy atom. The molecular weight excluding hydrogens is 1060 g/mol. The number of rotatable bonds is 11. The predicted octanol–water partition coefficient (Wildman–Crippen LogP) is 19.8. The Balaban J connectivity index is 0.660. The standard InChI is InChI=1S/C79H52N6O2/c1-85-78(83-76(56-22-12-5-13-23-56)84-79(85)65-39-43-71-69(47-65)67-40-36-62(48-72(67)87-71)53-30-28-51(29-31-53)50-16-6-2-7-17-50)57-34-32-52(33-35-57)58-24-14-25-59(44-58)60-26-15-27-61(45-60)63-37-41-66-68-46-64(38-42-70(68)86-73(66)49-63)77-81-74(54-18-8-3-9-19-54)80-75(82-77)55-20-10-4-11-21-55/h2-49,78H,1H3. The number of hydrogen-bond donors (Lipinski definition) is 0. The minimum Gasteiger partial charge on any atom is -0.456 e. The Morgan fingerprint density at radius 1 is 0.276 bits per heavy atom. The molecule has 3 aromatic heterocycles. The van der Waals surface area contributed by atoms with Gasteiger partial charge in [-0.15, -0.1) is 0 Å². The summed E-state index contributed by atoms with van der Waals surface area (Å²) in [5, 5.41) is 4.12. The maximum absolute atomic E-state index is 6.55. The van der Waals surface area contributed by atoms with Gasteiger partial charge < -0.3 is 13.7 Å². The van der Waals surface area contributed by atoms with Crippen molar-refractivity contribution >= 4 is 55.5 Å². The number of aromatic nitrogens is 3.